The first-order valence-electron chi connectivity index (χ1n) is 22.0. The second kappa shape index (κ2) is 14.7. The quantitative estimate of drug-likeness (QED) is 0.112. The van der Waals surface area contributed by atoms with Crippen molar-refractivity contribution in [3.05, 3.63) is 243 Å². The van der Waals surface area contributed by atoms with Crippen LogP contribution in [0.1, 0.15) is 0 Å². The maximum absolute atomic E-state index is 2.68. The van der Waals surface area contributed by atoms with Gasteiger partial charge in [0.05, 0.1) is 22.1 Å². The number of benzene rings is 10. The molecule has 3 aromatic heterocycles. The Labute approximate surface area is 376 Å². The van der Waals surface area contributed by atoms with Gasteiger partial charge in [-0.05, 0) is 80.9 Å². The number of thiophene rings is 1. The largest absolute Gasteiger partial charge is 0.309 e. The molecule has 0 amide bonds. The van der Waals surface area contributed by atoms with Crippen LogP contribution in [0.3, 0.4) is 0 Å². The zero-order valence-corrected chi connectivity index (χ0v) is 36.7. The van der Waals surface area contributed by atoms with Crippen LogP contribution in [0.2, 0.25) is 0 Å². The van der Waals surface area contributed by atoms with E-state index in [0.29, 0.717) is 0 Å². The maximum Gasteiger partial charge on any atom is 0.179 e. The highest BCUT2D eigenvalue weighted by atomic mass is 32.1. The van der Waals surface area contributed by atoms with Gasteiger partial charge in [0.1, 0.15) is 0 Å². The van der Waals surface area contributed by atoms with Gasteiger partial charge in [0, 0.05) is 58.7 Å². The van der Waals surface area contributed by atoms with E-state index in [0.717, 1.165) is 11.4 Å². The predicted molar refractivity (Wildman–Crippen MR) is 277 cm³/mol. The van der Waals surface area contributed by atoms with E-state index in [2.05, 4.69) is 252 Å². The van der Waals surface area contributed by atoms with Gasteiger partial charge >= 0.3 is 0 Å². The Kier molecular flexibility index (Phi) is 8.45. The van der Waals surface area contributed by atoms with Crippen LogP contribution in [0.5, 0.6) is 0 Å². The maximum atomic E-state index is 2.50. The molecule has 0 fully saturated rings. The SMILES string of the molecule is c1ccc([Si](c2ccccc2)(c2ccccc2)c2ccc(-n3c4ccccc4c4ccc(-n5c6ccccc6c6cccc(-c7ccc8sc9ccccc9c8c7)c65)cc43)cc2)cc1. The zero-order valence-electron chi connectivity index (χ0n) is 34.9. The van der Waals surface area contributed by atoms with Gasteiger partial charge in [-0.1, -0.05) is 188 Å². The number of para-hydroxylation sites is 3. The summed E-state index contributed by atoms with van der Waals surface area (Å²) in [6.45, 7) is 0. The molecule has 13 rings (SSSR count). The lowest BCUT2D eigenvalue weighted by atomic mass is 10.00. The molecule has 0 spiro atoms. The molecule has 13 aromatic rings. The summed E-state index contributed by atoms with van der Waals surface area (Å²) < 4.78 is 7.61. The molecular formula is C60H40N2SSi. The Bertz CT molecular complexity index is 3790. The smallest absolute Gasteiger partial charge is 0.179 e. The normalized spacial score (nSPS) is 12.1. The fourth-order valence-corrected chi connectivity index (χ4v) is 16.5. The summed E-state index contributed by atoms with van der Waals surface area (Å²) in [4.78, 5) is 0. The minimum atomic E-state index is -2.68. The zero-order chi connectivity index (χ0) is 42.2. The van der Waals surface area contributed by atoms with Crippen molar-refractivity contribution in [1.82, 2.24) is 9.13 Å². The standard InChI is InChI=1S/C60H40N2SSi/c1-4-17-44(18-5-1)64(45-19-6-2-7-20-45,46-21-8-3-9-22-46)47-35-32-42(33-36-47)61-55-28-13-10-23-49(55)51-37-34-43(40-57(51)61)62-56-29-14-11-24-50(56)53-27-16-26-48(60(53)62)41-31-38-59-54(39-41)52-25-12-15-30-58(52)63-59/h1-40H. The molecule has 0 aliphatic carbocycles. The Morgan fingerprint density at radius 2 is 0.797 bits per heavy atom. The van der Waals surface area contributed by atoms with Crippen molar-refractivity contribution < 1.29 is 0 Å². The minimum absolute atomic E-state index is 1.14. The third kappa shape index (κ3) is 5.50. The molecule has 10 aromatic carbocycles. The van der Waals surface area contributed by atoms with Gasteiger partial charge in [-0.15, -0.1) is 11.3 Å². The molecular weight excluding hydrogens is 809 g/mol. The van der Waals surface area contributed by atoms with Crippen molar-refractivity contribution >= 4 is 104 Å². The Morgan fingerprint density at radius 1 is 0.297 bits per heavy atom. The molecule has 3 heterocycles. The van der Waals surface area contributed by atoms with Crippen molar-refractivity contribution in [1.29, 1.82) is 0 Å². The molecule has 0 aliphatic rings. The first-order valence-corrected chi connectivity index (χ1v) is 24.8. The number of rotatable bonds is 7. The first-order chi connectivity index (χ1) is 31.8. The molecule has 0 saturated heterocycles. The van der Waals surface area contributed by atoms with Crippen molar-refractivity contribution in [2.45, 2.75) is 0 Å². The van der Waals surface area contributed by atoms with Crippen LogP contribution in [0.4, 0.5) is 0 Å². The summed E-state index contributed by atoms with van der Waals surface area (Å²) in [5.74, 6) is 0. The van der Waals surface area contributed by atoms with Crippen LogP contribution in [0, 0.1) is 0 Å². The van der Waals surface area contributed by atoms with Crippen LogP contribution < -0.4 is 20.7 Å². The Morgan fingerprint density at radius 3 is 1.47 bits per heavy atom. The molecule has 0 aliphatic heterocycles. The Balaban J connectivity index is 1.03. The monoisotopic (exact) mass is 848 g/mol. The van der Waals surface area contributed by atoms with Crippen LogP contribution in [-0.2, 0) is 0 Å². The summed E-state index contributed by atoms with van der Waals surface area (Å²) in [7, 11) is -2.68. The van der Waals surface area contributed by atoms with E-state index in [9.17, 15) is 0 Å². The molecule has 300 valence electrons. The van der Waals surface area contributed by atoms with E-state index in [1.54, 1.807) is 0 Å². The highest BCUT2D eigenvalue weighted by Crippen LogP contribution is 2.42. The fraction of sp³-hybridized carbons (Fsp3) is 0. The average molecular weight is 849 g/mol. The molecule has 4 heteroatoms. The molecule has 0 atom stereocenters. The highest BCUT2D eigenvalue weighted by molar-refractivity contribution is 7.25. The number of hydrogen-bond acceptors (Lipinski definition) is 1. The lowest BCUT2D eigenvalue weighted by molar-refractivity contribution is 1.16. The molecule has 64 heavy (non-hydrogen) atoms. The predicted octanol–water partition coefficient (Wildman–Crippen LogP) is 13.3. The van der Waals surface area contributed by atoms with Crippen molar-refractivity contribution in [2.24, 2.45) is 0 Å². The molecule has 0 radical (unpaired) electrons. The van der Waals surface area contributed by atoms with Crippen LogP contribution in [0.25, 0.3) is 86.3 Å². The topological polar surface area (TPSA) is 9.86 Å². The summed E-state index contributed by atoms with van der Waals surface area (Å²) in [5.41, 5.74) is 9.52. The molecule has 0 unspecified atom stereocenters. The number of aromatic nitrogens is 2. The van der Waals surface area contributed by atoms with Gasteiger partial charge in [0.25, 0.3) is 0 Å². The van der Waals surface area contributed by atoms with E-state index in [-0.39, 0.29) is 0 Å². The number of fused-ring (bicyclic) bond motifs is 9. The van der Waals surface area contributed by atoms with Gasteiger partial charge in [-0.2, -0.15) is 0 Å². The van der Waals surface area contributed by atoms with Crippen molar-refractivity contribution in [3.8, 4) is 22.5 Å². The van der Waals surface area contributed by atoms with Crippen LogP contribution >= 0.6 is 11.3 Å². The van der Waals surface area contributed by atoms with E-state index in [4.69, 9.17) is 0 Å². The van der Waals surface area contributed by atoms with Gasteiger partial charge < -0.3 is 9.13 Å². The minimum Gasteiger partial charge on any atom is -0.309 e. The van der Waals surface area contributed by atoms with Crippen LogP contribution in [-0.4, -0.2) is 17.2 Å². The van der Waals surface area contributed by atoms with E-state index >= 15 is 0 Å². The number of nitrogens with zero attached hydrogens (tertiary/aromatic N) is 2. The lowest BCUT2D eigenvalue weighted by Gasteiger charge is -2.34. The molecule has 0 saturated carbocycles. The van der Waals surface area contributed by atoms with Crippen molar-refractivity contribution in [2.75, 3.05) is 0 Å². The second-order valence-corrected chi connectivity index (χ2v) is 21.7. The van der Waals surface area contributed by atoms with Crippen LogP contribution in [0.15, 0.2) is 243 Å². The van der Waals surface area contributed by atoms with Gasteiger partial charge in [-0.3, -0.25) is 0 Å². The summed E-state index contributed by atoms with van der Waals surface area (Å²) in [6.07, 6.45) is 0. The number of hydrogen-bond donors (Lipinski definition) is 0. The van der Waals surface area contributed by atoms with Crippen molar-refractivity contribution in [3.63, 3.8) is 0 Å². The fourth-order valence-electron chi connectivity index (χ4n) is 10.7. The average Bonchev–Trinajstić information content (AvgIpc) is 4.03. The van der Waals surface area contributed by atoms with Gasteiger partial charge in [-0.25, -0.2) is 0 Å². The Hall–Kier alpha value is -7.76. The summed E-state index contributed by atoms with van der Waals surface area (Å²) in [6, 6.07) is 90.5. The third-order valence-corrected chi connectivity index (χ3v) is 19.4. The molecule has 0 bridgehead atoms. The summed E-state index contributed by atoms with van der Waals surface area (Å²) >= 11 is 1.87. The summed E-state index contributed by atoms with van der Waals surface area (Å²) in [5, 5.41) is 13.1. The third-order valence-electron chi connectivity index (χ3n) is 13.5. The molecule has 0 N–H and O–H groups in total. The van der Waals surface area contributed by atoms with Gasteiger partial charge in [0.15, 0.2) is 8.07 Å². The lowest BCUT2D eigenvalue weighted by Crippen LogP contribution is -2.74. The molecule has 2 nitrogen and oxygen atoms in total. The second-order valence-electron chi connectivity index (χ2n) is 16.8. The van der Waals surface area contributed by atoms with E-state index in [1.165, 1.54) is 95.7 Å². The van der Waals surface area contributed by atoms with Gasteiger partial charge in [0.2, 0.25) is 0 Å². The highest BCUT2D eigenvalue weighted by Gasteiger charge is 2.41. The van der Waals surface area contributed by atoms with E-state index < -0.39 is 8.07 Å². The first kappa shape index (κ1) is 36.9. The van der Waals surface area contributed by atoms with E-state index in [1.807, 2.05) is 11.3 Å².